The molecular formula is C27H29N3O6S. The zero-order valence-corrected chi connectivity index (χ0v) is 21.2. The number of nitrogens with zero attached hydrogens (tertiary/aromatic N) is 1. The molecule has 194 valence electrons. The fourth-order valence-corrected chi connectivity index (χ4v) is 4.90. The van der Waals surface area contributed by atoms with Gasteiger partial charge < -0.3 is 19.7 Å². The van der Waals surface area contributed by atoms with Gasteiger partial charge in [0.25, 0.3) is 11.8 Å². The molecule has 1 aliphatic heterocycles. The van der Waals surface area contributed by atoms with Crippen LogP contribution in [0.15, 0.2) is 83.8 Å². The normalized spacial score (nSPS) is 14.8. The monoisotopic (exact) mass is 523 g/mol. The Balaban J connectivity index is 1.40. The zero-order chi connectivity index (χ0) is 26.3. The first-order valence-electron chi connectivity index (χ1n) is 12.0. The SMILES string of the molecule is CCCNS(=O)(=O)c1ccc(OCC(=O)N2CC(C(=O)NCc3ccccc3)Oc3ccccc32)cc1. The molecule has 1 unspecified atom stereocenters. The largest absolute Gasteiger partial charge is 0.484 e. The molecule has 2 N–H and O–H groups in total. The third kappa shape index (κ3) is 6.66. The van der Waals surface area contributed by atoms with Gasteiger partial charge in [0.15, 0.2) is 12.7 Å². The van der Waals surface area contributed by atoms with Crippen LogP contribution in [-0.2, 0) is 26.2 Å². The Morgan fingerprint density at radius 3 is 2.43 bits per heavy atom. The van der Waals surface area contributed by atoms with Crippen molar-refractivity contribution in [1.82, 2.24) is 10.0 Å². The number of sulfonamides is 1. The highest BCUT2D eigenvalue weighted by atomic mass is 32.2. The minimum atomic E-state index is -3.59. The lowest BCUT2D eigenvalue weighted by Gasteiger charge is -2.34. The van der Waals surface area contributed by atoms with Gasteiger partial charge in [-0.2, -0.15) is 0 Å². The lowest BCUT2D eigenvalue weighted by molar-refractivity contribution is -0.128. The summed E-state index contributed by atoms with van der Waals surface area (Å²) >= 11 is 0. The topological polar surface area (TPSA) is 114 Å². The van der Waals surface area contributed by atoms with Crippen molar-refractivity contribution in [3.05, 3.63) is 84.4 Å². The second-order valence-corrected chi connectivity index (χ2v) is 10.2. The van der Waals surface area contributed by atoms with Crippen LogP contribution in [0, 0.1) is 0 Å². The van der Waals surface area contributed by atoms with Gasteiger partial charge in [-0.25, -0.2) is 13.1 Å². The molecule has 0 aromatic heterocycles. The Kier molecular flexibility index (Phi) is 8.42. The number of para-hydroxylation sites is 2. The number of amides is 2. The molecule has 0 fully saturated rings. The van der Waals surface area contributed by atoms with E-state index in [-0.39, 0.29) is 29.9 Å². The molecule has 0 radical (unpaired) electrons. The van der Waals surface area contributed by atoms with Gasteiger partial charge in [0, 0.05) is 13.1 Å². The van der Waals surface area contributed by atoms with Gasteiger partial charge in [-0.3, -0.25) is 9.59 Å². The van der Waals surface area contributed by atoms with Crippen LogP contribution in [0.4, 0.5) is 5.69 Å². The van der Waals surface area contributed by atoms with Gasteiger partial charge in [-0.15, -0.1) is 0 Å². The second kappa shape index (κ2) is 11.9. The average molecular weight is 524 g/mol. The van der Waals surface area contributed by atoms with Crippen molar-refractivity contribution in [2.24, 2.45) is 0 Å². The summed E-state index contributed by atoms with van der Waals surface area (Å²) in [5.41, 5.74) is 1.50. The molecule has 1 aliphatic rings. The molecule has 3 aromatic carbocycles. The molecular weight excluding hydrogens is 494 g/mol. The van der Waals surface area contributed by atoms with E-state index in [1.54, 1.807) is 24.3 Å². The standard InChI is InChI=1S/C27H29N3O6S/c1-2-16-29-37(33,34)22-14-12-21(13-15-22)35-19-26(31)30-18-25(36-24-11-7-6-10-23(24)30)27(32)28-17-20-8-4-3-5-9-20/h3-15,25,29H,2,16-19H2,1H3,(H,28,32). The smallest absolute Gasteiger partial charge is 0.265 e. The van der Waals surface area contributed by atoms with Gasteiger partial charge in [0.1, 0.15) is 11.5 Å². The summed E-state index contributed by atoms with van der Waals surface area (Å²) < 4.78 is 38.5. The number of benzene rings is 3. The lowest BCUT2D eigenvalue weighted by Crippen LogP contribution is -2.51. The third-order valence-electron chi connectivity index (χ3n) is 5.72. The first kappa shape index (κ1) is 26.2. The summed E-state index contributed by atoms with van der Waals surface area (Å²) in [5, 5.41) is 2.86. The Morgan fingerprint density at radius 1 is 1.00 bits per heavy atom. The van der Waals surface area contributed by atoms with Gasteiger partial charge in [0.2, 0.25) is 10.0 Å². The highest BCUT2D eigenvalue weighted by Crippen LogP contribution is 2.33. The number of rotatable bonds is 10. The molecule has 1 atom stereocenters. The minimum Gasteiger partial charge on any atom is -0.484 e. The number of carbonyl (C=O) groups is 2. The van der Waals surface area contributed by atoms with E-state index >= 15 is 0 Å². The summed E-state index contributed by atoms with van der Waals surface area (Å²) in [4.78, 5) is 27.6. The van der Waals surface area contributed by atoms with Crippen LogP contribution < -0.4 is 24.4 Å². The van der Waals surface area contributed by atoms with Gasteiger partial charge in [-0.05, 0) is 48.4 Å². The fraction of sp³-hybridized carbons (Fsp3) is 0.259. The third-order valence-corrected chi connectivity index (χ3v) is 7.19. The van der Waals surface area contributed by atoms with Crippen LogP contribution in [-0.4, -0.2) is 46.0 Å². The summed E-state index contributed by atoms with van der Waals surface area (Å²) in [6, 6.07) is 22.4. The molecule has 37 heavy (non-hydrogen) atoms. The maximum atomic E-state index is 13.1. The van der Waals surface area contributed by atoms with Crippen LogP contribution >= 0.6 is 0 Å². The Hall–Kier alpha value is -3.89. The Morgan fingerprint density at radius 2 is 1.70 bits per heavy atom. The molecule has 0 aliphatic carbocycles. The predicted octanol–water partition coefficient (Wildman–Crippen LogP) is 2.86. The minimum absolute atomic E-state index is 0.0279. The molecule has 1 heterocycles. The molecule has 0 spiro atoms. The molecule has 3 aromatic rings. The molecule has 0 saturated heterocycles. The Bertz CT molecular complexity index is 1330. The first-order chi connectivity index (χ1) is 17.9. The summed E-state index contributed by atoms with van der Waals surface area (Å²) in [5.74, 6) is 0.0843. The molecule has 9 nitrogen and oxygen atoms in total. The lowest BCUT2D eigenvalue weighted by atomic mass is 10.1. The van der Waals surface area contributed by atoms with E-state index in [1.165, 1.54) is 29.2 Å². The highest BCUT2D eigenvalue weighted by molar-refractivity contribution is 7.89. The molecule has 4 rings (SSSR count). The van der Waals surface area contributed by atoms with E-state index < -0.39 is 16.1 Å². The molecule has 0 saturated carbocycles. The zero-order valence-electron chi connectivity index (χ0n) is 20.4. The average Bonchev–Trinajstić information content (AvgIpc) is 2.93. The van der Waals surface area contributed by atoms with Crippen molar-refractivity contribution in [2.45, 2.75) is 30.9 Å². The number of hydrogen-bond donors (Lipinski definition) is 2. The van der Waals surface area contributed by atoms with Crippen molar-refractivity contribution >= 4 is 27.5 Å². The quantitative estimate of drug-likeness (QED) is 0.423. The number of carbonyl (C=O) groups excluding carboxylic acids is 2. The maximum absolute atomic E-state index is 13.1. The number of fused-ring (bicyclic) bond motifs is 1. The van der Waals surface area contributed by atoms with Crippen molar-refractivity contribution in [3.63, 3.8) is 0 Å². The molecule has 2 amide bonds. The Labute approximate surface area is 216 Å². The van der Waals surface area contributed by atoms with Crippen LogP contribution in [0.5, 0.6) is 11.5 Å². The van der Waals surface area contributed by atoms with E-state index in [0.717, 1.165) is 5.56 Å². The van der Waals surface area contributed by atoms with E-state index in [0.29, 0.717) is 36.7 Å². The summed E-state index contributed by atoms with van der Waals surface area (Å²) in [6.07, 6.45) is -0.203. The summed E-state index contributed by atoms with van der Waals surface area (Å²) in [6.45, 7) is 2.30. The number of nitrogens with one attached hydrogen (secondary N) is 2. The highest BCUT2D eigenvalue weighted by Gasteiger charge is 2.33. The van der Waals surface area contributed by atoms with Gasteiger partial charge >= 0.3 is 0 Å². The van der Waals surface area contributed by atoms with Crippen molar-refractivity contribution in [2.75, 3.05) is 24.6 Å². The summed E-state index contributed by atoms with van der Waals surface area (Å²) in [7, 11) is -3.59. The van der Waals surface area contributed by atoms with Crippen LogP contribution in [0.3, 0.4) is 0 Å². The molecule has 10 heteroatoms. The van der Waals surface area contributed by atoms with E-state index in [4.69, 9.17) is 9.47 Å². The maximum Gasteiger partial charge on any atom is 0.265 e. The van der Waals surface area contributed by atoms with Gasteiger partial charge in [0.05, 0.1) is 17.1 Å². The van der Waals surface area contributed by atoms with Crippen LogP contribution in [0.1, 0.15) is 18.9 Å². The fourth-order valence-electron chi connectivity index (χ4n) is 3.76. The van der Waals surface area contributed by atoms with E-state index in [9.17, 15) is 18.0 Å². The van der Waals surface area contributed by atoms with E-state index in [1.807, 2.05) is 37.3 Å². The van der Waals surface area contributed by atoms with Crippen molar-refractivity contribution in [1.29, 1.82) is 0 Å². The van der Waals surface area contributed by atoms with Crippen molar-refractivity contribution < 1.29 is 27.5 Å². The second-order valence-electron chi connectivity index (χ2n) is 8.44. The van der Waals surface area contributed by atoms with E-state index in [2.05, 4.69) is 10.0 Å². The van der Waals surface area contributed by atoms with Crippen molar-refractivity contribution in [3.8, 4) is 11.5 Å². The first-order valence-corrected chi connectivity index (χ1v) is 13.5. The molecule has 0 bridgehead atoms. The number of anilines is 1. The number of hydrogen-bond acceptors (Lipinski definition) is 6. The predicted molar refractivity (Wildman–Crippen MR) is 139 cm³/mol. The van der Waals surface area contributed by atoms with Crippen LogP contribution in [0.2, 0.25) is 0 Å². The van der Waals surface area contributed by atoms with Crippen LogP contribution in [0.25, 0.3) is 0 Å². The number of ether oxygens (including phenoxy) is 2. The van der Waals surface area contributed by atoms with Gasteiger partial charge in [-0.1, -0.05) is 49.4 Å².